The molecule has 3 rings (SSSR count). The lowest BCUT2D eigenvalue weighted by Crippen LogP contribution is -2.00. The topological polar surface area (TPSA) is 61.1 Å². The molecule has 0 atom stereocenters. The second-order valence-electron chi connectivity index (χ2n) is 4.27. The molecule has 0 aromatic carbocycles. The standard InChI is InChI=1S/C13H15N5/c1-3-17-8-15-7-10(17)12-13(14)18-9(2)5-4-6-11(18)16-12/h4-8H,3,14H2,1-2H3. The van der Waals surface area contributed by atoms with Crippen LogP contribution in [0.1, 0.15) is 12.6 Å². The Bertz CT molecular complexity index is 707. The Labute approximate surface area is 105 Å². The Morgan fingerprint density at radius 2 is 2.17 bits per heavy atom. The van der Waals surface area contributed by atoms with Crippen molar-refractivity contribution in [3.63, 3.8) is 0 Å². The number of hydrogen-bond donors (Lipinski definition) is 1. The lowest BCUT2D eigenvalue weighted by molar-refractivity contribution is 0.767. The van der Waals surface area contributed by atoms with Gasteiger partial charge in [-0.2, -0.15) is 0 Å². The number of aryl methyl sites for hydroxylation is 2. The zero-order valence-corrected chi connectivity index (χ0v) is 10.5. The summed E-state index contributed by atoms with van der Waals surface area (Å²) >= 11 is 0. The fraction of sp³-hybridized carbons (Fsp3) is 0.231. The van der Waals surface area contributed by atoms with E-state index in [1.165, 1.54) is 0 Å². The van der Waals surface area contributed by atoms with E-state index in [-0.39, 0.29) is 0 Å². The highest BCUT2D eigenvalue weighted by Crippen LogP contribution is 2.27. The molecule has 3 aromatic rings. The lowest BCUT2D eigenvalue weighted by atomic mass is 10.3. The number of anilines is 1. The van der Waals surface area contributed by atoms with Crippen molar-refractivity contribution in [1.82, 2.24) is 18.9 Å². The lowest BCUT2D eigenvalue weighted by Gasteiger charge is -2.04. The molecule has 2 N–H and O–H groups in total. The molecule has 0 radical (unpaired) electrons. The minimum absolute atomic E-state index is 0.665. The molecule has 3 heterocycles. The van der Waals surface area contributed by atoms with E-state index < -0.39 is 0 Å². The number of nitrogen functional groups attached to an aromatic ring is 1. The molecular formula is C13H15N5. The summed E-state index contributed by atoms with van der Waals surface area (Å²) in [6.07, 6.45) is 3.60. The minimum Gasteiger partial charge on any atom is -0.383 e. The summed E-state index contributed by atoms with van der Waals surface area (Å²) in [6.45, 7) is 4.94. The van der Waals surface area contributed by atoms with E-state index in [0.29, 0.717) is 5.82 Å². The van der Waals surface area contributed by atoms with E-state index in [0.717, 1.165) is 29.3 Å². The van der Waals surface area contributed by atoms with Crippen LogP contribution in [-0.2, 0) is 6.54 Å². The maximum Gasteiger partial charge on any atom is 0.139 e. The van der Waals surface area contributed by atoms with Gasteiger partial charge in [0.1, 0.15) is 17.2 Å². The zero-order valence-electron chi connectivity index (χ0n) is 10.5. The Balaban J connectivity index is 2.31. The SMILES string of the molecule is CCn1cncc1-c1nc2cccc(C)n2c1N. The van der Waals surface area contributed by atoms with Gasteiger partial charge in [-0.1, -0.05) is 6.07 Å². The van der Waals surface area contributed by atoms with Crippen LogP contribution in [0.5, 0.6) is 0 Å². The van der Waals surface area contributed by atoms with Crippen LogP contribution >= 0.6 is 0 Å². The van der Waals surface area contributed by atoms with Crippen molar-refractivity contribution in [3.8, 4) is 11.4 Å². The highest BCUT2D eigenvalue weighted by Gasteiger charge is 2.15. The average molecular weight is 241 g/mol. The van der Waals surface area contributed by atoms with Gasteiger partial charge in [0.05, 0.1) is 18.2 Å². The highest BCUT2D eigenvalue weighted by atomic mass is 15.1. The van der Waals surface area contributed by atoms with Crippen LogP contribution < -0.4 is 5.73 Å². The van der Waals surface area contributed by atoms with Crippen LogP contribution in [0.2, 0.25) is 0 Å². The van der Waals surface area contributed by atoms with Gasteiger partial charge < -0.3 is 10.3 Å². The van der Waals surface area contributed by atoms with Gasteiger partial charge in [-0.3, -0.25) is 4.40 Å². The minimum atomic E-state index is 0.665. The first-order valence-electron chi connectivity index (χ1n) is 5.96. The van der Waals surface area contributed by atoms with Crippen molar-refractivity contribution >= 4 is 11.5 Å². The molecule has 0 spiro atoms. The van der Waals surface area contributed by atoms with Crippen molar-refractivity contribution in [2.24, 2.45) is 0 Å². The first-order valence-corrected chi connectivity index (χ1v) is 5.96. The van der Waals surface area contributed by atoms with Crippen molar-refractivity contribution in [2.45, 2.75) is 20.4 Å². The van der Waals surface area contributed by atoms with Gasteiger partial charge >= 0.3 is 0 Å². The monoisotopic (exact) mass is 241 g/mol. The molecule has 0 saturated carbocycles. The molecule has 0 aliphatic heterocycles. The van der Waals surface area contributed by atoms with Gasteiger partial charge in [-0.25, -0.2) is 9.97 Å². The van der Waals surface area contributed by atoms with Gasteiger partial charge in [0, 0.05) is 12.2 Å². The van der Waals surface area contributed by atoms with E-state index in [1.807, 2.05) is 34.1 Å². The van der Waals surface area contributed by atoms with Crippen LogP contribution in [0.3, 0.4) is 0 Å². The van der Waals surface area contributed by atoms with Crippen LogP contribution in [0.4, 0.5) is 5.82 Å². The maximum atomic E-state index is 6.21. The molecule has 92 valence electrons. The van der Waals surface area contributed by atoms with E-state index in [2.05, 4.69) is 16.9 Å². The van der Waals surface area contributed by atoms with E-state index >= 15 is 0 Å². The summed E-state index contributed by atoms with van der Waals surface area (Å²) in [5.74, 6) is 0.665. The molecule has 18 heavy (non-hydrogen) atoms. The highest BCUT2D eigenvalue weighted by molar-refractivity contribution is 5.73. The third-order valence-corrected chi connectivity index (χ3v) is 3.17. The Hall–Kier alpha value is -2.30. The Morgan fingerprint density at radius 3 is 2.89 bits per heavy atom. The molecular weight excluding hydrogens is 226 g/mol. The molecule has 0 unspecified atom stereocenters. The van der Waals surface area contributed by atoms with Crippen LogP contribution in [0.25, 0.3) is 17.0 Å². The van der Waals surface area contributed by atoms with Gasteiger partial charge in [0.15, 0.2) is 0 Å². The summed E-state index contributed by atoms with van der Waals surface area (Å²) < 4.78 is 4.00. The molecule has 5 heteroatoms. The molecule has 0 aliphatic carbocycles. The molecule has 3 aromatic heterocycles. The number of imidazole rings is 2. The maximum absolute atomic E-state index is 6.21. The van der Waals surface area contributed by atoms with Gasteiger partial charge in [0.2, 0.25) is 0 Å². The van der Waals surface area contributed by atoms with E-state index in [4.69, 9.17) is 5.73 Å². The number of nitrogens with two attached hydrogens (primary N) is 1. The third-order valence-electron chi connectivity index (χ3n) is 3.17. The first-order chi connectivity index (χ1) is 8.72. The summed E-state index contributed by atoms with van der Waals surface area (Å²) in [5.41, 5.74) is 9.91. The average Bonchev–Trinajstić information content (AvgIpc) is 2.94. The summed E-state index contributed by atoms with van der Waals surface area (Å²) in [6, 6.07) is 5.96. The molecule has 0 fully saturated rings. The van der Waals surface area contributed by atoms with E-state index in [1.54, 1.807) is 12.5 Å². The summed E-state index contributed by atoms with van der Waals surface area (Å²) in [7, 11) is 0. The van der Waals surface area contributed by atoms with Gasteiger partial charge in [-0.05, 0) is 26.0 Å². The summed E-state index contributed by atoms with van der Waals surface area (Å²) in [4.78, 5) is 8.76. The van der Waals surface area contributed by atoms with Crippen molar-refractivity contribution < 1.29 is 0 Å². The smallest absolute Gasteiger partial charge is 0.139 e. The quantitative estimate of drug-likeness (QED) is 0.747. The van der Waals surface area contributed by atoms with E-state index in [9.17, 15) is 0 Å². The zero-order chi connectivity index (χ0) is 12.7. The third kappa shape index (κ3) is 1.40. The fourth-order valence-electron chi connectivity index (χ4n) is 2.24. The molecule has 0 bridgehead atoms. The fourth-order valence-corrected chi connectivity index (χ4v) is 2.24. The summed E-state index contributed by atoms with van der Waals surface area (Å²) in [5, 5.41) is 0. The van der Waals surface area contributed by atoms with Crippen LogP contribution in [0.15, 0.2) is 30.7 Å². The second-order valence-corrected chi connectivity index (χ2v) is 4.27. The normalized spacial score (nSPS) is 11.2. The van der Waals surface area contributed by atoms with Crippen LogP contribution in [0, 0.1) is 6.92 Å². The molecule has 0 saturated heterocycles. The number of aromatic nitrogens is 4. The second kappa shape index (κ2) is 3.87. The van der Waals surface area contributed by atoms with Crippen molar-refractivity contribution in [3.05, 3.63) is 36.4 Å². The van der Waals surface area contributed by atoms with Crippen molar-refractivity contribution in [2.75, 3.05) is 5.73 Å². The van der Waals surface area contributed by atoms with Gasteiger partial charge in [-0.15, -0.1) is 0 Å². The first kappa shape index (κ1) is 10.8. The number of pyridine rings is 1. The number of nitrogens with zero attached hydrogens (tertiary/aromatic N) is 4. The number of rotatable bonds is 2. The van der Waals surface area contributed by atoms with Crippen molar-refractivity contribution in [1.29, 1.82) is 0 Å². The van der Waals surface area contributed by atoms with Crippen LogP contribution in [-0.4, -0.2) is 18.9 Å². The molecule has 0 aliphatic rings. The predicted octanol–water partition coefficient (Wildman–Crippen LogP) is 2.11. The molecule has 5 nitrogen and oxygen atoms in total. The predicted molar refractivity (Wildman–Crippen MR) is 71.2 cm³/mol. The Kier molecular flexibility index (Phi) is 2.33. The Morgan fingerprint density at radius 1 is 1.33 bits per heavy atom. The largest absolute Gasteiger partial charge is 0.383 e. The van der Waals surface area contributed by atoms with Gasteiger partial charge in [0.25, 0.3) is 0 Å². The number of hydrogen-bond acceptors (Lipinski definition) is 3. The molecule has 0 amide bonds. The number of fused-ring (bicyclic) bond motifs is 1.